The van der Waals surface area contributed by atoms with Crippen LogP contribution in [0.15, 0.2) is 48.5 Å². The summed E-state index contributed by atoms with van der Waals surface area (Å²) in [6.07, 6.45) is 6.24. The Bertz CT molecular complexity index is 1080. The number of ether oxygens (including phenoxy) is 1. The fraction of sp³-hybridized carbons (Fsp3) is 0.136. The van der Waals surface area contributed by atoms with Gasteiger partial charge in [-0.15, -0.1) is 17.8 Å². The van der Waals surface area contributed by atoms with Crippen molar-refractivity contribution in [1.82, 2.24) is 0 Å². The van der Waals surface area contributed by atoms with Gasteiger partial charge in [0.1, 0.15) is 5.75 Å². The molecule has 27 heavy (non-hydrogen) atoms. The molecule has 1 amide bonds. The van der Waals surface area contributed by atoms with Crippen LogP contribution in [-0.4, -0.2) is 19.6 Å². The minimum Gasteiger partial charge on any atom is -0.493 e. The summed E-state index contributed by atoms with van der Waals surface area (Å²) in [4.78, 5) is 16.4. The highest BCUT2D eigenvalue weighted by Gasteiger charge is 2.24. The minimum absolute atomic E-state index is 0.0797. The van der Waals surface area contributed by atoms with Gasteiger partial charge >= 0.3 is 0 Å². The van der Waals surface area contributed by atoms with Crippen molar-refractivity contribution in [1.29, 1.82) is 0 Å². The van der Waals surface area contributed by atoms with Gasteiger partial charge in [-0.1, -0.05) is 29.7 Å². The van der Waals surface area contributed by atoms with Crippen LogP contribution < -0.4 is 9.64 Å². The van der Waals surface area contributed by atoms with E-state index in [1.54, 1.807) is 18.0 Å². The molecule has 0 atom stereocenters. The Hall–Kier alpha value is -2.74. The molecule has 1 aliphatic rings. The predicted octanol–water partition coefficient (Wildman–Crippen LogP) is 5.26. The zero-order valence-corrected chi connectivity index (χ0v) is 16.2. The van der Waals surface area contributed by atoms with Crippen LogP contribution in [0.3, 0.4) is 0 Å². The van der Waals surface area contributed by atoms with E-state index in [4.69, 9.17) is 22.8 Å². The third kappa shape index (κ3) is 3.21. The number of terminal acetylenes is 1. The molecule has 4 rings (SSSR count). The van der Waals surface area contributed by atoms with E-state index in [0.29, 0.717) is 22.2 Å². The summed E-state index contributed by atoms with van der Waals surface area (Å²) in [5, 5.41) is 0.548. The van der Waals surface area contributed by atoms with Crippen molar-refractivity contribution in [2.45, 2.75) is 6.42 Å². The Morgan fingerprint density at radius 2 is 2.07 bits per heavy atom. The molecule has 1 aromatic heterocycles. The lowest BCUT2D eigenvalue weighted by molar-refractivity contribution is 0.0997. The maximum absolute atomic E-state index is 13.0. The van der Waals surface area contributed by atoms with Crippen molar-refractivity contribution < 1.29 is 9.53 Å². The number of halogens is 1. The van der Waals surface area contributed by atoms with E-state index in [-0.39, 0.29) is 5.91 Å². The summed E-state index contributed by atoms with van der Waals surface area (Å²) < 4.78 is 5.86. The van der Waals surface area contributed by atoms with Crippen molar-refractivity contribution in [2.75, 3.05) is 18.6 Å². The molecule has 0 aliphatic carbocycles. The fourth-order valence-electron chi connectivity index (χ4n) is 3.14. The molecule has 134 valence electrons. The lowest BCUT2D eigenvalue weighted by atomic mass is 10.1. The minimum atomic E-state index is -0.0797. The molecule has 0 saturated carbocycles. The van der Waals surface area contributed by atoms with Gasteiger partial charge in [0.15, 0.2) is 0 Å². The van der Waals surface area contributed by atoms with E-state index in [2.05, 4.69) is 5.92 Å². The number of nitrogens with zero attached hydrogens (tertiary/aromatic N) is 1. The largest absolute Gasteiger partial charge is 0.493 e. The number of hydrogen-bond acceptors (Lipinski definition) is 3. The summed E-state index contributed by atoms with van der Waals surface area (Å²) >= 11 is 7.72. The molecule has 2 aromatic carbocycles. The van der Waals surface area contributed by atoms with E-state index in [9.17, 15) is 4.79 Å². The van der Waals surface area contributed by atoms with Crippen LogP contribution in [0.5, 0.6) is 5.75 Å². The summed E-state index contributed by atoms with van der Waals surface area (Å²) in [5.74, 6) is 3.32. The number of thiophene rings is 1. The number of carbonyl (C=O) groups is 1. The van der Waals surface area contributed by atoms with Gasteiger partial charge in [0.2, 0.25) is 0 Å². The number of amides is 1. The predicted molar refractivity (Wildman–Crippen MR) is 111 cm³/mol. The number of para-hydroxylation sites is 1. The Kier molecular flexibility index (Phi) is 4.65. The average molecular weight is 394 g/mol. The maximum atomic E-state index is 13.0. The lowest BCUT2D eigenvalue weighted by Gasteiger charge is -2.17. The highest BCUT2D eigenvalue weighted by atomic mass is 35.5. The first-order chi connectivity index (χ1) is 13.1. The third-order valence-electron chi connectivity index (χ3n) is 4.56. The highest BCUT2D eigenvalue weighted by Crippen LogP contribution is 2.41. The molecule has 3 nitrogen and oxygen atoms in total. The van der Waals surface area contributed by atoms with E-state index in [1.165, 1.54) is 11.3 Å². The van der Waals surface area contributed by atoms with E-state index < -0.39 is 0 Å². The molecule has 2 heterocycles. The van der Waals surface area contributed by atoms with Gasteiger partial charge in [0.25, 0.3) is 5.91 Å². The monoisotopic (exact) mass is 393 g/mol. The Morgan fingerprint density at radius 3 is 2.85 bits per heavy atom. The van der Waals surface area contributed by atoms with Gasteiger partial charge in [0.05, 0.1) is 22.2 Å². The van der Waals surface area contributed by atoms with Crippen LogP contribution in [0, 0.1) is 12.3 Å². The van der Waals surface area contributed by atoms with Gasteiger partial charge < -0.3 is 9.64 Å². The van der Waals surface area contributed by atoms with E-state index >= 15 is 0 Å². The quantitative estimate of drug-likeness (QED) is 0.556. The number of hydrogen-bond donors (Lipinski definition) is 0. The van der Waals surface area contributed by atoms with Crippen LogP contribution in [0.1, 0.15) is 20.8 Å². The van der Waals surface area contributed by atoms with Crippen molar-refractivity contribution in [3.05, 3.63) is 69.6 Å². The van der Waals surface area contributed by atoms with Gasteiger partial charge in [-0.3, -0.25) is 4.79 Å². The summed E-state index contributed by atoms with van der Waals surface area (Å²) in [5.41, 5.74) is 3.56. The van der Waals surface area contributed by atoms with Crippen LogP contribution in [0.2, 0.25) is 5.02 Å². The number of fused-ring (bicyclic) bond motifs is 3. The fourth-order valence-corrected chi connectivity index (χ4v) is 4.61. The summed E-state index contributed by atoms with van der Waals surface area (Å²) in [6.45, 7) is 0.554. The second-order valence-electron chi connectivity index (χ2n) is 6.23. The SMILES string of the molecule is C#Cc1ccc2c(c1)OCCc1cc(C(=O)N(C)c3ccccc3Cl)sc1-2. The van der Waals surface area contributed by atoms with Gasteiger partial charge in [0, 0.05) is 29.5 Å². The normalized spacial score (nSPS) is 12.2. The number of carbonyl (C=O) groups excluding carboxylic acids is 1. The molecular formula is C22H16ClNO2S. The number of rotatable bonds is 2. The molecular weight excluding hydrogens is 378 g/mol. The van der Waals surface area contributed by atoms with Crippen LogP contribution in [0.4, 0.5) is 5.69 Å². The van der Waals surface area contributed by atoms with Gasteiger partial charge in [-0.25, -0.2) is 0 Å². The van der Waals surface area contributed by atoms with Crippen molar-refractivity contribution in [3.63, 3.8) is 0 Å². The standard InChI is InChI=1S/C22H16ClNO2S/c1-3-14-8-9-16-19(12-14)26-11-10-15-13-20(27-21(15)16)22(25)24(2)18-7-5-4-6-17(18)23/h1,4-9,12-13H,10-11H2,2H3. The first kappa shape index (κ1) is 17.7. The van der Waals surface area contributed by atoms with Crippen LogP contribution in [-0.2, 0) is 6.42 Å². The van der Waals surface area contributed by atoms with Crippen molar-refractivity contribution in [3.8, 4) is 28.5 Å². The van der Waals surface area contributed by atoms with Gasteiger partial charge in [-0.05, 0) is 42.0 Å². The molecule has 0 unspecified atom stereocenters. The summed E-state index contributed by atoms with van der Waals surface area (Å²) in [6, 6.07) is 15.0. The molecule has 3 aromatic rings. The first-order valence-electron chi connectivity index (χ1n) is 8.47. The van der Waals surface area contributed by atoms with Crippen molar-refractivity contribution >= 4 is 34.5 Å². The zero-order valence-electron chi connectivity index (χ0n) is 14.7. The molecule has 0 spiro atoms. The van der Waals surface area contributed by atoms with Crippen molar-refractivity contribution in [2.24, 2.45) is 0 Å². The molecule has 0 saturated heterocycles. The third-order valence-corrected chi connectivity index (χ3v) is 6.08. The summed E-state index contributed by atoms with van der Waals surface area (Å²) in [7, 11) is 1.74. The van der Waals surface area contributed by atoms with Crippen LogP contribution in [0.25, 0.3) is 10.4 Å². The molecule has 0 N–H and O–H groups in total. The number of anilines is 1. The smallest absolute Gasteiger partial charge is 0.268 e. The van der Waals surface area contributed by atoms with Crippen LogP contribution >= 0.6 is 22.9 Å². The van der Waals surface area contributed by atoms with E-state index in [1.807, 2.05) is 42.5 Å². The lowest BCUT2D eigenvalue weighted by Crippen LogP contribution is -2.25. The molecule has 0 bridgehead atoms. The second kappa shape index (κ2) is 7.11. The Labute approximate surface area is 167 Å². The highest BCUT2D eigenvalue weighted by molar-refractivity contribution is 7.17. The Morgan fingerprint density at radius 1 is 1.26 bits per heavy atom. The zero-order chi connectivity index (χ0) is 19.0. The first-order valence-corrected chi connectivity index (χ1v) is 9.67. The second-order valence-corrected chi connectivity index (χ2v) is 7.69. The average Bonchev–Trinajstić information content (AvgIpc) is 3.03. The topological polar surface area (TPSA) is 29.5 Å². The Balaban J connectivity index is 1.73. The maximum Gasteiger partial charge on any atom is 0.268 e. The molecule has 5 heteroatoms. The molecule has 0 fully saturated rings. The number of benzene rings is 2. The van der Waals surface area contributed by atoms with Gasteiger partial charge in [-0.2, -0.15) is 0 Å². The molecule has 0 radical (unpaired) electrons. The molecule has 1 aliphatic heterocycles. The van der Waals surface area contributed by atoms with E-state index in [0.717, 1.165) is 33.7 Å².